The maximum Gasteiger partial charge on any atom is 0.277 e. The van der Waals surface area contributed by atoms with Gasteiger partial charge in [0.2, 0.25) is 5.89 Å². The normalized spacial score (nSPS) is 11.9. The molecule has 6 heteroatoms. The molecule has 0 aliphatic heterocycles. The van der Waals surface area contributed by atoms with Crippen molar-refractivity contribution >= 4 is 17.5 Å². The Balaban J connectivity index is 1.68. The molecule has 1 heterocycles. The van der Waals surface area contributed by atoms with Crippen LogP contribution in [0.1, 0.15) is 24.2 Å². The van der Waals surface area contributed by atoms with E-state index >= 15 is 0 Å². The smallest absolute Gasteiger partial charge is 0.277 e. The van der Waals surface area contributed by atoms with E-state index in [-0.39, 0.29) is 11.0 Å². The molecule has 25 heavy (non-hydrogen) atoms. The first kappa shape index (κ1) is 17.2. The lowest BCUT2D eigenvalue weighted by atomic mass is 10.1. The van der Waals surface area contributed by atoms with Gasteiger partial charge in [0.1, 0.15) is 5.75 Å². The Morgan fingerprint density at radius 2 is 1.84 bits per heavy atom. The third-order valence-corrected chi connectivity index (χ3v) is 4.46. The summed E-state index contributed by atoms with van der Waals surface area (Å²) in [6, 6.07) is 16.6. The van der Waals surface area contributed by atoms with Gasteiger partial charge in [-0.1, -0.05) is 42.1 Å². The summed E-state index contributed by atoms with van der Waals surface area (Å²) >= 11 is 1.26. The maximum absolute atomic E-state index is 12.4. The fourth-order valence-corrected chi connectivity index (χ4v) is 3.04. The second kappa shape index (κ2) is 7.98. The highest BCUT2D eigenvalue weighted by molar-refractivity contribution is 8.00. The van der Waals surface area contributed by atoms with Gasteiger partial charge in [-0.3, -0.25) is 4.79 Å². The van der Waals surface area contributed by atoms with Crippen molar-refractivity contribution in [1.82, 2.24) is 10.2 Å². The molecule has 1 atom stereocenters. The van der Waals surface area contributed by atoms with Crippen LogP contribution in [0.15, 0.2) is 64.2 Å². The van der Waals surface area contributed by atoms with Gasteiger partial charge in [0, 0.05) is 11.1 Å². The molecule has 0 unspecified atom stereocenters. The third kappa shape index (κ3) is 4.28. The number of carbonyl (C=O) groups is 1. The van der Waals surface area contributed by atoms with E-state index in [2.05, 4.69) is 10.2 Å². The Labute approximate surface area is 150 Å². The van der Waals surface area contributed by atoms with Crippen LogP contribution in [0.3, 0.4) is 0 Å². The largest absolute Gasteiger partial charge is 0.494 e. The number of ketones is 1. The molecule has 1 aromatic heterocycles. The topological polar surface area (TPSA) is 65.2 Å². The molecule has 0 amide bonds. The summed E-state index contributed by atoms with van der Waals surface area (Å²) < 4.78 is 11.1. The van der Waals surface area contributed by atoms with E-state index in [1.54, 1.807) is 12.1 Å². The lowest BCUT2D eigenvalue weighted by Crippen LogP contribution is -2.13. The highest BCUT2D eigenvalue weighted by atomic mass is 32.2. The van der Waals surface area contributed by atoms with Crippen LogP contribution < -0.4 is 4.74 Å². The number of rotatable bonds is 7. The Bertz CT molecular complexity index is 831. The summed E-state index contributed by atoms with van der Waals surface area (Å²) in [5.41, 5.74) is 1.48. The number of hydrogen-bond donors (Lipinski definition) is 0. The predicted molar refractivity (Wildman–Crippen MR) is 97.0 cm³/mol. The molecule has 0 saturated carbocycles. The van der Waals surface area contributed by atoms with E-state index in [9.17, 15) is 4.79 Å². The molecule has 5 nitrogen and oxygen atoms in total. The van der Waals surface area contributed by atoms with Gasteiger partial charge in [-0.15, -0.1) is 10.2 Å². The first-order chi connectivity index (χ1) is 12.2. The molecule has 2 aromatic carbocycles. The van der Waals surface area contributed by atoms with Crippen molar-refractivity contribution in [3.8, 4) is 17.2 Å². The summed E-state index contributed by atoms with van der Waals surface area (Å²) in [5.74, 6) is 1.25. The summed E-state index contributed by atoms with van der Waals surface area (Å²) in [6.45, 7) is 4.39. The van der Waals surface area contributed by atoms with E-state index in [1.807, 2.05) is 56.3 Å². The van der Waals surface area contributed by atoms with Crippen LogP contribution in [0.4, 0.5) is 0 Å². The fourth-order valence-electron chi connectivity index (χ4n) is 2.28. The maximum atomic E-state index is 12.4. The van der Waals surface area contributed by atoms with Crippen LogP contribution in [-0.4, -0.2) is 27.8 Å². The number of aromatic nitrogens is 2. The van der Waals surface area contributed by atoms with Crippen LogP contribution in [0, 0.1) is 0 Å². The highest BCUT2D eigenvalue weighted by Gasteiger charge is 2.20. The van der Waals surface area contributed by atoms with Crippen LogP contribution >= 0.6 is 11.8 Å². The second-order valence-corrected chi connectivity index (χ2v) is 6.61. The van der Waals surface area contributed by atoms with Gasteiger partial charge in [0.15, 0.2) is 5.78 Å². The monoisotopic (exact) mass is 354 g/mol. The third-order valence-electron chi connectivity index (χ3n) is 3.52. The van der Waals surface area contributed by atoms with Crippen LogP contribution in [0.25, 0.3) is 11.5 Å². The molecule has 0 fully saturated rings. The summed E-state index contributed by atoms with van der Waals surface area (Å²) in [4.78, 5) is 12.4. The standard InChI is InChI=1S/C19H18N2O3S/c1-3-23-16-11-9-15(10-12-16)18-20-21-19(24-18)25-13(2)17(22)14-7-5-4-6-8-14/h4-13H,3H2,1-2H3/t13-/m1/s1. The van der Waals surface area contributed by atoms with Crippen molar-refractivity contribution in [3.05, 3.63) is 60.2 Å². The van der Waals surface area contributed by atoms with E-state index < -0.39 is 0 Å². The Hall–Kier alpha value is -2.60. The van der Waals surface area contributed by atoms with Crippen molar-refractivity contribution in [2.75, 3.05) is 6.61 Å². The molecular formula is C19H18N2O3S. The van der Waals surface area contributed by atoms with E-state index in [0.29, 0.717) is 23.3 Å². The predicted octanol–water partition coefficient (Wildman–Crippen LogP) is 4.50. The SMILES string of the molecule is CCOc1ccc(-c2nnc(S[C@H](C)C(=O)c3ccccc3)o2)cc1. The zero-order valence-electron chi connectivity index (χ0n) is 14.0. The molecule has 3 rings (SSSR count). The van der Waals surface area contributed by atoms with Crippen LogP contribution in [0.5, 0.6) is 5.75 Å². The second-order valence-electron chi connectivity index (χ2n) is 5.32. The average Bonchev–Trinajstić information content (AvgIpc) is 3.11. The number of hydrogen-bond acceptors (Lipinski definition) is 6. The highest BCUT2D eigenvalue weighted by Crippen LogP contribution is 2.28. The van der Waals surface area contributed by atoms with Crippen molar-refractivity contribution < 1.29 is 13.9 Å². The molecule has 0 N–H and O–H groups in total. The Morgan fingerprint density at radius 3 is 2.52 bits per heavy atom. The molecule has 0 bridgehead atoms. The van der Waals surface area contributed by atoms with Gasteiger partial charge in [-0.2, -0.15) is 0 Å². The minimum atomic E-state index is -0.309. The van der Waals surface area contributed by atoms with Crippen molar-refractivity contribution in [2.24, 2.45) is 0 Å². The Kier molecular flexibility index (Phi) is 5.50. The van der Waals surface area contributed by atoms with Crippen molar-refractivity contribution in [3.63, 3.8) is 0 Å². The van der Waals surface area contributed by atoms with Gasteiger partial charge in [0.05, 0.1) is 11.9 Å². The lowest BCUT2D eigenvalue weighted by Gasteiger charge is -2.06. The number of carbonyl (C=O) groups excluding carboxylic acids is 1. The minimum Gasteiger partial charge on any atom is -0.494 e. The summed E-state index contributed by atoms with van der Waals surface area (Å²) in [5, 5.41) is 8.15. The van der Waals surface area contributed by atoms with E-state index in [4.69, 9.17) is 9.15 Å². The first-order valence-corrected chi connectivity index (χ1v) is 8.88. The van der Waals surface area contributed by atoms with Crippen LogP contribution in [-0.2, 0) is 0 Å². The van der Waals surface area contributed by atoms with Crippen molar-refractivity contribution in [2.45, 2.75) is 24.3 Å². The summed E-state index contributed by atoms with van der Waals surface area (Å²) in [7, 11) is 0. The average molecular weight is 354 g/mol. The molecule has 0 spiro atoms. The number of Topliss-reactive ketones (excluding diaryl/α,β-unsaturated/α-hetero) is 1. The van der Waals surface area contributed by atoms with Gasteiger partial charge in [0.25, 0.3) is 5.22 Å². The van der Waals surface area contributed by atoms with Gasteiger partial charge < -0.3 is 9.15 Å². The number of nitrogens with zero attached hydrogens (tertiary/aromatic N) is 2. The lowest BCUT2D eigenvalue weighted by molar-refractivity contribution is 0.0993. The van der Waals surface area contributed by atoms with Gasteiger partial charge in [-0.05, 0) is 38.1 Å². The number of benzene rings is 2. The molecule has 128 valence electrons. The van der Waals surface area contributed by atoms with Gasteiger partial charge >= 0.3 is 0 Å². The molecule has 0 aliphatic carbocycles. The minimum absolute atomic E-state index is 0.0337. The molecule has 0 aliphatic rings. The fraction of sp³-hybridized carbons (Fsp3) is 0.211. The molecule has 0 radical (unpaired) electrons. The quantitative estimate of drug-likeness (QED) is 0.460. The Morgan fingerprint density at radius 1 is 1.12 bits per heavy atom. The van der Waals surface area contributed by atoms with E-state index in [1.165, 1.54) is 11.8 Å². The molecule has 3 aromatic rings. The van der Waals surface area contributed by atoms with Crippen molar-refractivity contribution in [1.29, 1.82) is 0 Å². The zero-order chi connectivity index (χ0) is 17.6. The zero-order valence-corrected chi connectivity index (χ0v) is 14.8. The molecular weight excluding hydrogens is 336 g/mol. The van der Waals surface area contributed by atoms with Crippen LogP contribution in [0.2, 0.25) is 0 Å². The van der Waals surface area contributed by atoms with Gasteiger partial charge in [-0.25, -0.2) is 0 Å². The molecule has 0 saturated heterocycles. The number of thioether (sulfide) groups is 1. The summed E-state index contributed by atoms with van der Waals surface area (Å²) in [6.07, 6.45) is 0. The first-order valence-electron chi connectivity index (χ1n) is 8.00. The van der Waals surface area contributed by atoms with E-state index in [0.717, 1.165) is 11.3 Å². The number of ether oxygens (including phenoxy) is 1.